The van der Waals surface area contributed by atoms with Crippen LogP contribution in [0.3, 0.4) is 0 Å². The van der Waals surface area contributed by atoms with E-state index in [-0.39, 0.29) is 5.78 Å². The van der Waals surface area contributed by atoms with Gasteiger partial charge < -0.3 is 0 Å². The van der Waals surface area contributed by atoms with Gasteiger partial charge in [0.05, 0.1) is 6.20 Å². The number of benzene rings is 2. The molecule has 0 spiro atoms. The van der Waals surface area contributed by atoms with Crippen molar-refractivity contribution in [1.82, 2.24) is 9.78 Å². The van der Waals surface area contributed by atoms with Crippen LogP contribution in [0.4, 0.5) is 0 Å². The molecule has 1 unspecified atom stereocenters. The van der Waals surface area contributed by atoms with Gasteiger partial charge >= 0.3 is 0 Å². The van der Waals surface area contributed by atoms with Crippen LogP contribution in [-0.4, -0.2) is 15.6 Å². The van der Waals surface area contributed by atoms with Crippen molar-refractivity contribution in [3.8, 4) is 0 Å². The second-order valence-corrected chi connectivity index (χ2v) is 6.31. The maximum Gasteiger partial charge on any atom is 0.191 e. The minimum absolute atomic E-state index is 0.0956. The molecule has 3 heteroatoms. The molecule has 4 rings (SSSR count). The predicted molar refractivity (Wildman–Crippen MR) is 94.2 cm³/mol. The normalized spacial score (nSPS) is 14.8. The first kappa shape index (κ1) is 14.9. The van der Waals surface area contributed by atoms with Crippen LogP contribution in [0.5, 0.6) is 0 Å². The van der Waals surface area contributed by atoms with Crippen molar-refractivity contribution >= 4 is 5.78 Å². The molecule has 1 atom stereocenters. The second kappa shape index (κ2) is 6.44. The molecule has 0 bridgehead atoms. The number of Topliss-reactive ketones (excluding diaryl/α,β-unsaturated/α-hetero) is 1. The number of nitrogens with zero attached hydrogens (tertiary/aromatic N) is 2. The molecule has 1 aliphatic rings. The summed E-state index contributed by atoms with van der Waals surface area (Å²) in [4.78, 5) is 13.3. The molecule has 0 aliphatic heterocycles. The summed E-state index contributed by atoms with van der Waals surface area (Å²) in [6, 6.07) is 19.1. The van der Waals surface area contributed by atoms with E-state index in [9.17, 15) is 4.79 Å². The van der Waals surface area contributed by atoms with Gasteiger partial charge in [-0.1, -0.05) is 60.7 Å². The van der Waals surface area contributed by atoms with Gasteiger partial charge in [0.2, 0.25) is 0 Å². The van der Waals surface area contributed by atoms with Crippen LogP contribution in [-0.2, 0) is 12.8 Å². The molecule has 0 radical (unpaired) electrons. The fraction of sp³-hybridized carbons (Fsp3) is 0.238. The minimum Gasteiger partial charge on any atom is -0.291 e. The van der Waals surface area contributed by atoms with E-state index in [1.54, 1.807) is 0 Å². The molecule has 1 aliphatic carbocycles. The van der Waals surface area contributed by atoms with Crippen LogP contribution in [0.15, 0.2) is 66.9 Å². The smallest absolute Gasteiger partial charge is 0.191 e. The van der Waals surface area contributed by atoms with Gasteiger partial charge in [-0.3, -0.25) is 9.48 Å². The van der Waals surface area contributed by atoms with E-state index >= 15 is 0 Å². The molecule has 2 aromatic carbocycles. The summed E-state index contributed by atoms with van der Waals surface area (Å²) in [5.74, 6) is 0.0956. The van der Waals surface area contributed by atoms with E-state index in [0.29, 0.717) is 0 Å². The maximum absolute atomic E-state index is 13.3. The molecule has 3 nitrogen and oxygen atoms in total. The molecule has 1 aromatic heterocycles. The Morgan fingerprint density at radius 1 is 0.917 bits per heavy atom. The first-order chi connectivity index (χ1) is 11.8. The van der Waals surface area contributed by atoms with Gasteiger partial charge in [0, 0.05) is 11.3 Å². The Balaban J connectivity index is 1.83. The van der Waals surface area contributed by atoms with Gasteiger partial charge in [0.15, 0.2) is 5.78 Å². The lowest BCUT2D eigenvalue weighted by atomic mass is 9.94. The number of hydrogen-bond acceptors (Lipinski definition) is 2. The number of carbonyl (C=O) groups excluding carboxylic acids is 1. The number of fused-ring (bicyclic) bond motifs is 1. The first-order valence-electron chi connectivity index (χ1n) is 8.54. The summed E-state index contributed by atoms with van der Waals surface area (Å²) in [6.45, 7) is 0. The average Bonchev–Trinajstić information content (AvgIpc) is 3.07. The molecule has 1 heterocycles. The van der Waals surface area contributed by atoms with Gasteiger partial charge in [-0.25, -0.2) is 0 Å². The van der Waals surface area contributed by atoms with E-state index in [2.05, 4.69) is 5.10 Å². The Kier molecular flexibility index (Phi) is 3.99. The quantitative estimate of drug-likeness (QED) is 0.675. The van der Waals surface area contributed by atoms with Crippen molar-refractivity contribution < 1.29 is 4.79 Å². The first-order valence-corrected chi connectivity index (χ1v) is 8.54. The van der Waals surface area contributed by atoms with Crippen molar-refractivity contribution in [3.05, 3.63) is 89.2 Å². The molecule has 0 saturated carbocycles. The number of aryl methyl sites for hydroxylation is 1. The largest absolute Gasteiger partial charge is 0.291 e. The van der Waals surface area contributed by atoms with E-state index < -0.39 is 6.04 Å². The van der Waals surface area contributed by atoms with Crippen LogP contribution in [0.2, 0.25) is 0 Å². The van der Waals surface area contributed by atoms with Crippen molar-refractivity contribution in [3.63, 3.8) is 0 Å². The highest BCUT2D eigenvalue weighted by Gasteiger charge is 2.28. The number of ketones is 1. The van der Waals surface area contributed by atoms with Crippen LogP contribution in [0.1, 0.15) is 46.1 Å². The van der Waals surface area contributed by atoms with Crippen LogP contribution >= 0.6 is 0 Å². The molecule has 0 amide bonds. The zero-order valence-electron chi connectivity index (χ0n) is 13.6. The van der Waals surface area contributed by atoms with Crippen molar-refractivity contribution in [2.45, 2.75) is 31.7 Å². The number of hydrogen-bond donors (Lipinski definition) is 0. The summed E-state index contributed by atoms with van der Waals surface area (Å²) in [5.41, 5.74) is 4.23. The monoisotopic (exact) mass is 316 g/mol. The van der Waals surface area contributed by atoms with Crippen LogP contribution in [0, 0.1) is 0 Å². The second-order valence-electron chi connectivity index (χ2n) is 6.31. The van der Waals surface area contributed by atoms with E-state index in [0.717, 1.165) is 24.0 Å². The van der Waals surface area contributed by atoms with Gasteiger partial charge in [-0.2, -0.15) is 5.10 Å². The number of rotatable bonds is 4. The van der Waals surface area contributed by atoms with Gasteiger partial charge in [0.1, 0.15) is 6.04 Å². The molecular weight excluding hydrogens is 296 g/mol. The summed E-state index contributed by atoms with van der Waals surface area (Å²) in [6.07, 6.45) is 6.39. The molecule has 0 fully saturated rings. The number of aromatic nitrogens is 2. The van der Waals surface area contributed by atoms with Crippen LogP contribution in [0.25, 0.3) is 0 Å². The predicted octanol–water partition coefficient (Wildman–Crippen LogP) is 4.23. The van der Waals surface area contributed by atoms with Crippen molar-refractivity contribution in [1.29, 1.82) is 0 Å². The maximum atomic E-state index is 13.3. The third-order valence-corrected chi connectivity index (χ3v) is 4.76. The van der Waals surface area contributed by atoms with Gasteiger partial charge in [-0.15, -0.1) is 0 Å². The lowest BCUT2D eigenvalue weighted by molar-refractivity contribution is 0.0938. The highest BCUT2D eigenvalue weighted by molar-refractivity contribution is 6.00. The Morgan fingerprint density at radius 3 is 2.33 bits per heavy atom. The summed E-state index contributed by atoms with van der Waals surface area (Å²) < 4.78 is 1.96. The Hall–Kier alpha value is -2.68. The highest BCUT2D eigenvalue weighted by atomic mass is 16.1. The zero-order chi connectivity index (χ0) is 16.4. The topological polar surface area (TPSA) is 34.9 Å². The van der Waals surface area contributed by atoms with Crippen molar-refractivity contribution in [2.24, 2.45) is 0 Å². The van der Waals surface area contributed by atoms with E-state index in [1.807, 2.05) is 71.5 Å². The minimum atomic E-state index is -0.393. The molecule has 24 heavy (non-hydrogen) atoms. The Labute approximate surface area is 141 Å². The summed E-state index contributed by atoms with van der Waals surface area (Å²) in [7, 11) is 0. The third-order valence-electron chi connectivity index (χ3n) is 4.76. The molecule has 120 valence electrons. The molecule has 0 N–H and O–H groups in total. The van der Waals surface area contributed by atoms with E-state index in [1.165, 1.54) is 24.1 Å². The SMILES string of the molecule is O=C(c1ccccc1)C(c1ccccc1)n1ncc2c1CCCC2. The summed E-state index contributed by atoms with van der Waals surface area (Å²) >= 11 is 0. The average molecular weight is 316 g/mol. The van der Waals surface area contributed by atoms with E-state index in [4.69, 9.17) is 0 Å². The standard InChI is InChI=1S/C21H20N2O/c24-21(17-11-5-2-6-12-17)20(16-9-3-1-4-10-16)23-19-14-8-7-13-18(19)15-22-23/h1-6,9-12,15,20H,7-8,13-14H2. The molecule has 0 saturated heterocycles. The molecule has 3 aromatic rings. The van der Waals surface area contributed by atoms with Gasteiger partial charge in [-0.05, 0) is 36.8 Å². The lowest BCUT2D eigenvalue weighted by Gasteiger charge is -2.22. The van der Waals surface area contributed by atoms with Crippen LogP contribution < -0.4 is 0 Å². The van der Waals surface area contributed by atoms with Gasteiger partial charge in [0.25, 0.3) is 0 Å². The Morgan fingerprint density at radius 2 is 1.58 bits per heavy atom. The highest BCUT2D eigenvalue weighted by Crippen LogP contribution is 2.29. The van der Waals surface area contributed by atoms with Crippen molar-refractivity contribution in [2.75, 3.05) is 0 Å². The lowest BCUT2D eigenvalue weighted by Crippen LogP contribution is -2.24. The molecular formula is C21H20N2O. The number of carbonyl (C=O) groups is 1. The third kappa shape index (κ3) is 2.67. The fourth-order valence-electron chi connectivity index (χ4n) is 3.54. The fourth-order valence-corrected chi connectivity index (χ4v) is 3.54. The summed E-state index contributed by atoms with van der Waals surface area (Å²) in [5, 5.41) is 4.62. The Bertz CT molecular complexity index is 837. The zero-order valence-corrected chi connectivity index (χ0v) is 13.6.